The van der Waals surface area contributed by atoms with Crippen LogP contribution in [-0.2, 0) is 0 Å². The molecular formula is C24H23BrN4OS. The van der Waals surface area contributed by atoms with E-state index >= 15 is 0 Å². The first-order chi connectivity index (χ1) is 15.1. The van der Waals surface area contributed by atoms with Gasteiger partial charge in [0.15, 0.2) is 0 Å². The van der Waals surface area contributed by atoms with Crippen LogP contribution in [0.25, 0.3) is 16.8 Å². The fourth-order valence-electron chi connectivity index (χ4n) is 4.16. The summed E-state index contributed by atoms with van der Waals surface area (Å²) in [6, 6.07) is 16.3. The lowest BCUT2D eigenvalue weighted by atomic mass is 10.1. The van der Waals surface area contributed by atoms with Gasteiger partial charge >= 0.3 is 0 Å². The van der Waals surface area contributed by atoms with Crippen LogP contribution in [0.3, 0.4) is 0 Å². The molecule has 3 aromatic rings. The van der Waals surface area contributed by atoms with E-state index in [1.165, 1.54) is 36.3 Å². The Morgan fingerprint density at radius 2 is 1.61 bits per heavy atom. The molecule has 0 aliphatic carbocycles. The van der Waals surface area contributed by atoms with Gasteiger partial charge in [-0.2, -0.15) is 0 Å². The van der Waals surface area contributed by atoms with Gasteiger partial charge in [-0.25, -0.2) is 4.98 Å². The number of rotatable bonds is 4. The minimum atomic E-state index is 0.196. The number of hydrogen-bond donors (Lipinski definition) is 2. The molecule has 2 aromatic carbocycles. The second-order valence-electron chi connectivity index (χ2n) is 7.87. The fraction of sp³-hybridized carbons (Fsp3) is 0.250. The van der Waals surface area contributed by atoms with Gasteiger partial charge < -0.3 is 14.9 Å². The number of hydrogen-bond acceptors (Lipinski definition) is 5. The number of nitrogens with zero attached hydrogens (tertiary/aromatic N) is 3. The second-order valence-corrected chi connectivity index (χ2v) is 9.64. The Hall–Kier alpha value is -2.64. The van der Waals surface area contributed by atoms with E-state index in [1.807, 2.05) is 46.7 Å². The number of aliphatic hydroxyl groups is 1. The number of halogens is 1. The monoisotopic (exact) mass is 494 g/mol. The Bertz CT molecular complexity index is 1130. The molecule has 0 atom stereocenters. The van der Waals surface area contributed by atoms with Gasteiger partial charge in [0, 0.05) is 39.9 Å². The Balaban J connectivity index is 1.35. The van der Waals surface area contributed by atoms with Gasteiger partial charge in [0.1, 0.15) is 16.6 Å². The van der Waals surface area contributed by atoms with Crippen molar-refractivity contribution in [1.29, 1.82) is 5.41 Å². The lowest BCUT2D eigenvalue weighted by Crippen LogP contribution is -2.29. The van der Waals surface area contributed by atoms with Gasteiger partial charge in [0.05, 0.1) is 17.8 Å². The fourth-order valence-corrected chi connectivity index (χ4v) is 5.32. The summed E-state index contributed by atoms with van der Waals surface area (Å²) in [5.41, 5.74) is 4.53. The third-order valence-electron chi connectivity index (χ3n) is 5.84. The second kappa shape index (κ2) is 8.48. The summed E-state index contributed by atoms with van der Waals surface area (Å²) in [5.74, 6) is 0.488. The molecule has 0 saturated carbocycles. The van der Waals surface area contributed by atoms with Crippen LogP contribution >= 0.6 is 27.3 Å². The summed E-state index contributed by atoms with van der Waals surface area (Å²) < 4.78 is 1.02. The summed E-state index contributed by atoms with van der Waals surface area (Å²) >= 11 is 4.91. The summed E-state index contributed by atoms with van der Waals surface area (Å²) in [6.07, 6.45) is 3.80. The molecule has 31 heavy (non-hydrogen) atoms. The van der Waals surface area contributed by atoms with Crippen molar-refractivity contribution in [1.82, 2.24) is 4.98 Å². The van der Waals surface area contributed by atoms with Crippen LogP contribution in [0.2, 0.25) is 0 Å². The summed E-state index contributed by atoms with van der Waals surface area (Å²) in [6.45, 7) is 2.51. The minimum absolute atomic E-state index is 0.196. The average Bonchev–Trinajstić information content (AvgIpc) is 3.39. The third-order valence-corrected chi connectivity index (χ3v) is 7.23. The highest BCUT2D eigenvalue weighted by Gasteiger charge is 2.31. The molecule has 0 bridgehead atoms. The Morgan fingerprint density at radius 3 is 2.32 bits per heavy atom. The summed E-state index contributed by atoms with van der Waals surface area (Å²) in [7, 11) is 0. The van der Waals surface area contributed by atoms with Crippen molar-refractivity contribution >= 4 is 50.1 Å². The predicted octanol–water partition coefficient (Wildman–Crippen LogP) is 6.33. The van der Waals surface area contributed by atoms with Gasteiger partial charge in [-0.15, -0.1) is 11.3 Å². The molecule has 158 valence electrons. The summed E-state index contributed by atoms with van der Waals surface area (Å²) in [4.78, 5) is 8.97. The van der Waals surface area contributed by atoms with Crippen LogP contribution in [0.1, 0.15) is 24.3 Å². The van der Waals surface area contributed by atoms with Gasteiger partial charge in [-0.3, -0.25) is 5.41 Å². The number of anilines is 2. The van der Waals surface area contributed by atoms with Gasteiger partial charge in [-0.1, -0.05) is 28.1 Å². The highest BCUT2D eigenvalue weighted by atomic mass is 79.9. The van der Waals surface area contributed by atoms with Crippen molar-refractivity contribution in [3.8, 4) is 11.3 Å². The first-order valence-electron chi connectivity index (χ1n) is 10.5. The molecule has 2 aliphatic heterocycles. The van der Waals surface area contributed by atoms with Crippen molar-refractivity contribution in [3.63, 3.8) is 0 Å². The topological polar surface area (TPSA) is 63.5 Å². The van der Waals surface area contributed by atoms with Crippen LogP contribution in [-0.4, -0.2) is 35.6 Å². The Morgan fingerprint density at radius 1 is 0.935 bits per heavy atom. The molecule has 1 fully saturated rings. The van der Waals surface area contributed by atoms with Crippen molar-refractivity contribution < 1.29 is 5.11 Å². The highest BCUT2D eigenvalue weighted by molar-refractivity contribution is 9.10. The Labute approximate surface area is 194 Å². The van der Waals surface area contributed by atoms with E-state index in [9.17, 15) is 5.11 Å². The molecule has 0 unspecified atom stereocenters. The minimum Gasteiger partial charge on any atom is -0.510 e. The Kier molecular flexibility index (Phi) is 5.54. The van der Waals surface area contributed by atoms with Crippen LogP contribution in [0, 0.1) is 5.41 Å². The molecular weight excluding hydrogens is 472 g/mol. The standard InChI is InChI=1S/C24H23BrN4OS/c25-17-6-4-16(5-7-17)20-15-31-24(27-20)22-21(30)14-29(23(22)26)19-10-8-18(9-11-19)28-12-2-1-3-13-28/h4-11,15,26,30H,1-3,12-14H2. The van der Waals surface area contributed by atoms with E-state index in [0.29, 0.717) is 23.0 Å². The van der Waals surface area contributed by atoms with Gasteiger partial charge in [0.25, 0.3) is 0 Å². The SMILES string of the molecule is N=C1C(c2nc(-c3ccc(Br)cc3)cs2)=C(O)CN1c1ccc(N2CCCCC2)cc1. The molecule has 1 saturated heterocycles. The van der Waals surface area contributed by atoms with Crippen LogP contribution in [0.5, 0.6) is 0 Å². The van der Waals surface area contributed by atoms with E-state index in [-0.39, 0.29) is 5.76 Å². The van der Waals surface area contributed by atoms with E-state index in [4.69, 9.17) is 10.4 Å². The first-order valence-corrected chi connectivity index (χ1v) is 12.1. The maximum Gasteiger partial charge on any atom is 0.139 e. The number of thiazole rings is 1. The van der Waals surface area contributed by atoms with Gasteiger partial charge in [0.2, 0.25) is 0 Å². The zero-order valence-electron chi connectivity index (χ0n) is 17.0. The lowest BCUT2D eigenvalue weighted by Gasteiger charge is -2.29. The normalized spacial score (nSPS) is 17.0. The average molecular weight is 495 g/mol. The molecule has 2 aliphatic rings. The number of piperidine rings is 1. The highest BCUT2D eigenvalue weighted by Crippen LogP contribution is 2.35. The number of aromatic nitrogens is 1. The van der Waals surface area contributed by atoms with Crippen LogP contribution in [0.15, 0.2) is 64.1 Å². The van der Waals surface area contributed by atoms with E-state index in [1.54, 1.807) is 0 Å². The molecule has 5 rings (SSSR count). The van der Waals surface area contributed by atoms with E-state index in [2.05, 4.69) is 33.0 Å². The number of nitrogens with one attached hydrogen (secondary N) is 1. The first kappa shape index (κ1) is 20.3. The predicted molar refractivity (Wildman–Crippen MR) is 132 cm³/mol. The number of amidine groups is 1. The number of aliphatic hydroxyl groups excluding tert-OH is 1. The zero-order valence-corrected chi connectivity index (χ0v) is 19.4. The maximum atomic E-state index is 10.7. The van der Waals surface area contributed by atoms with Crippen molar-refractivity contribution in [2.45, 2.75) is 19.3 Å². The van der Waals surface area contributed by atoms with Crippen molar-refractivity contribution in [2.24, 2.45) is 0 Å². The summed E-state index contributed by atoms with van der Waals surface area (Å²) in [5, 5.41) is 22.0. The number of benzene rings is 2. The van der Waals surface area contributed by atoms with Crippen molar-refractivity contribution in [2.75, 3.05) is 29.4 Å². The lowest BCUT2D eigenvalue weighted by molar-refractivity contribution is 0.411. The van der Waals surface area contributed by atoms with Gasteiger partial charge in [-0.05, 0) is 55.7 Å². The smallest absolute Gasteiger partial charge is 0.139 e. The molecule has 1 aromatic heterocycles. The maximum absolute atomic E-state index is 10.7. The van der Waals surface area contributed by atoms with Crippen LogP contribution in [0.4, 0.5) is 11.4 Å². The molecule has 3 heterocycles. The van der Waals surface area contributed by atoms with E-state index < -0.39 is 0 Å². The quantitative estimate of drug-likeness (QED) is 0.444. The molecule has 0 spiro atoms. The largest absolute Gasteiger partial charge is 0.510 e. The molecule has 0 amide bonds. The molecule has 7 heteroatoms. The molecule has 0 radical (unpaired) electrons. The molecule has 5 nitrogen and oxygen atoms in total. The zero-order chi connectivity index (χ0) is 21.4. The molecule has 2 N–H and O–H groups in total. The van der Waals surface area contributed by atoms with Crippen molar-refractivity contribution in [3.05, 3.63) is 69.2 Å². The van der Waals surface area contributed by atoms with Crippen LogP contribution < -0.4 is 9.80 Å². The van der Waals surface area contributed by atoms with E-state index in [0.717, 1.165) is 34.5 Å². The third kappa shape index (κ3) is 4.00.